The predicted octanol–water partition coefficient (Wildman–Crippen LogP) is 3.57. The first kappa shape index (κ1) is 20.6. The number of ether oxygens (including phenoxy) is 1. The maximum absolute atomic E-state index is 13.3. The van der Waals surface area contributed by atoms with Gasteiger partial charge in [0.2, 0.25) is 10.0 Å². The highest BCUT2D eigenvalue weighted by Gasteiger charge is 2.49. The Labute approximate surface area is 189 Å². The van der Waals surface area contributed by atoms with Crippen LogP contribution in [-0.2, 0) is 14.8 Å². The van der Waals surface area contributed by atoms with Crippen molar-refractivity contribution in [1.82, 2.24) is 14.3 Å². The van der Waals surface area contributed by atoms with Gasteiger partial charge in [-0.2, -0.15) is 4.31 Å². The molecule has 170 valence electrons. The fraction of sp³-hybridized carbons (Fsp3) is 0.583. The summed E-state index contributed by atoms with van der Waals surface area (Å²) in [4.78, 5) is 8.99. The molecule has 5 unspecified atom stereocenters. The van der Waals surface area contributed by atoms with Crippen molar-refractivity contribution in [2.75, 3.05) is 31.6 Å². The van der Waals surface area contributed by atoms with Crippen LogP contribution in [0.2, 0.25) is 0 Å². The maximum atomic E-state index is 13.3. The lowest BCUT2D eigenvalue weighted by atomic mass is 9.60. The highest BCUT2D eigenvalue weighted by atomic mass is 32.2. The summed E-state index contributed by atoms with van der Waals surface area (Å²) in [5.41, 5.74) is 3.35. The van der Waals surface area contributed by atoms with Crippen molar-refractivity contribution in [3.63, 3.8) is 0 Å². The Morgan fingerprint density at radius 1 is 1.03 bits per heavy atom. The largest absolute Gasteiger partial charge is 0.379 e. The SMILES string of the molecule is O=S(=O)(c1ccc2c(c1)C1CCC3CCCC3C1C(c1cncnc1)N2)N1CCOCC1. The summed E-state index contributed by atoms with van der Waals surface area (Å²) >= 11 is 0. The average Bonchev–Trinajstić information content (AvgIpc) is 3.33. The van der Waals surface area contributed by atoms with Gasteiger partial charge in [0.15, 0.2) is 0 Å². The molecule has 3 heterocycles. The van der Waals surface area contributed by atoms with Gasteiger partial charge < -0.3 is 10.1 Å². The first-order chi connectivity index (χ1) is 15.6. The number of aromatic nitrogens is 2. The number of anilines is 1. The molecule has 2 aromatic rings. The minimum atomic E-state index is -3.51. The summed E-state index contributed by atoms with van der Waals surface area (Å²) in [6, 6.07) is 5.85. The topological polar surface area (TPSA) is 84.4 Å². The Morgan fingerprint density at radius 2 is 1.84 bits per heavy atom. The number of hydrogen-bond acceptors (Lipinski definition) is 6. The van der Waals surface area contributed by atoms with Gasteiger partial charge in [0.1, 0.15) is 6.33 Å². The number of benzene rings is 1. The Hall–Kier alpha value is -2.03. The number of morpholine rings is 1. The summed E-state index contributed by atoms with van der Waals surface area (Å²) in [6.07, 6.45) is 11.7. The van der Waals surface area contributed by atoms with Crippen molar-refractivity contribution >= 4 is 15.7 Å². The molecule has 1 aromatic carbocycles. The molecule has 8 heteroatoms. The van der Waals surface area contributed by atoms with Gasteiger partial charge in [0.25, 0.3) is 0 Å². The quantitative estimate of drug-likeness (QED) is 0.763. The minimum absolute atomic E-state index is 0.168. The van der Waals surface area contributed by atoms with E-state index in [9.17, 15) is 8.42 Å². The zero-order valence-electron chi connectivity index (χ0n) is 18.2. The number of nitrogens with one attached hydrogen (secondary N) is 1. The van der Waals surface area contributed by atoms with Crippen LogP contribution in [0.4, 0.5) is 5.69 Å². The van der Waals surface area contributed by atoms with Crippen LogP contribution in [0.25, 0.3) is 0 Å². The number of hydrogen-bond donors (Lipinski definition) is 1. The van der Waals surface area contributed by atoms with Crippen molar-refractivity contribution in [2.45, 2.75) is 49.0 Å². The zero-order chi connectivity index (χ0) is 21.7. The van der Waals surface area contributed by atoms with E-state index >= 15 is 0 Å². The second-order valence-corrected chi connectivity index (χ2v) is 11.6. The molecule has 0 amide bonds. The van der Waals surface area contributed by atoms with E-state index in [1.165, 1.54) is 31.2 Å². The van der Waals surface area contributed by atoms with Gasteiger partial charge in [-0.15, -0.1) is 0 Å². The van der Waals surface area contributed by atoms with Crippen LogP contribution in [0.3, 0.4) is 0 Å². The van der Waals surface area contributed by atoms with Crippen molar-refractivity contribution in [3.8, 4) is 0 Å². The summed E-state index contributed by atoms with van der Waals surface area (Å²) in [6.45, 7) is 1.76. The number of fused-ring (bicyclic) bond motifs is 5. The maximum Gasteiger partial charge on any atom is 0.243 e. The van der Waals surface area contributed by atoms with Gasteiger partial charge in [-0.05, 0) is 66.7 Å². The molecule has 1 aromatic heterocycles. The lowest BCUT2D eigenvalue weighted by molar-refractivity contribution is 0.0730. The monoisotopic (exact) mass is 454 g/mol. The molecule has 2 aliphatic carbocycles. The van der Waals surface area contributed by atoms with Gasteiger partial charge in [0.05, 0.1) is 24.2 Å². The fourth-order valence-corrected chi connectivity index (χ4v) is 8.22. The van der Waals surface area contributed by atoms with Crippen molar-refractivity contribution < 1.29 is 13.2 Å². The summed E-state index contributed by atoms with van der Waals surface area (Å²) in [7, 11) is -3.51. The van der Waals surface area contributed by atoms with Crippen molar-refractivity contribution in [3.05, 3.63) is 48.0 Å². The molecule has 4 aliphatic rings. The molecule has 2 aliphatic heterocycles. The molecule has 0 spiro atoms. The minimum Gasteiger partial charge on any atom is -0.379 e. The van der Waals surface area contributed by atoms with Crippen LogP contribution in [0, 0.1) is 17.8 Å². The Bertz CT molecular complexity index is 1090. The average molecular weight is 455 g/mol. The molecule has 32 heavy (non-hydrogen) atoms. The van der Waals surface area contributed by atoms with Crippen LogP contribution >= 0.6 is 0 Å². The fourth-order valence-electron chi connectivity index (χ4n) is 6.77. The van der Waals surface area contributed by atoms with Crippen molar-refractivity contribution in [2.24, 2.45) is 17.8 Å². The van der Waals surface area contributed by atoms with E-state index in [2.05, 4.69) is 15.3 Å². The lowest BCUT2D eigenvalue weighted by Crippen LogP contribution is -2.42. The van der Waals surface area contributed by atoms with E-state index in [-0.39, 0.29) is 6.04 Å². The standard InChI is InChI=1S/C24H30N4O3S/c29-32(30,28-8-10-31-11-9-28)18-5-7-22-21(12-18)20-6-4-16-2-1-3-19(16)23(20)24(27-22)17-13-25-15-26-14-17/h5,7,12-16,19-20,23-24,27H,1-4,6,8-11H2. The lowest BCUT2D eigenvalue weighted by Gasteiger charge is -2.49. The van der Waals surface area contributed by atoms with E-state index in [1.54, 1.807) is 16.7 Å². The molecule has 6 rings (SSSR count). The third-order valence-corrected chi connectivity index (χ3v) is 10.1. The molecule has 1 N–H and O–H groups in total. The summed E-state index contributed by atoms with van der Waals surface area (Å²) in [5, 5.41) is 3.77. The summed E-state index contributed by atoms with van der Waals surface area (Å²) < 4.78 is 33.6. The van der Waals surface area contributed by atoms with Gasteiger partial charge in [-0.3, -0.25) is 0 Å². The molecule has 5 atom stereocenters. The predicted molar refractivity (Wildman–Crippen MR) is 121 cm³/mol. The Kier molecular flexibility index (Phi) is 5.19. The van der Waals surface area contributed by atoms with E-state index < -0.39 is 10.0 Å². The number of nitrogens with zero attached hydrogens (tertiary/aromatic N) is 3. The van der Waals surface area contributed by atoms with Crippen LogP contribution in [0.15, 0.2) is 41.8 Å². The van der Waals surface area contributed by atoms with Crippen LogP contribution in [0.1, 0.15) is 55.2 Å². The number of rotatable bonds is 3. The first-order valence-electron chi connectivity index (χ1n) is 11.9. The molecule has 2 saturated carbocycles. The van der Waals surface area contributed by atoms with Crippen LogP contribution in [0.5, 0.6) is 0 Å². The Morgan fingerprint density at radius 3 is 2.66 bits per heavy atom. The highest BCUT2D eigenvalue weighted by Crippen LogP contribution is 2.59. The van der Waals surface area contributed by atoms with E-state index in [1.807, 2.05) is 24.5 Å². The molecule has 1 saturated heterocycles. The molecular formula is C24H30N4O3S. The van der Waals surface area contributed by atoms with E-state index in [4.69, 9.17) is 4.74 Å². The Balaban J connectivity index is 1.41. The second kappa shape index (κ2) is 8.08. The molecular weight excluding hydrogens is 424 g/mol. The normalized spacial score (nSPS) is 32.4. The molecule has 3 fully saturated rings. The van der Waals surface area contributed by atoms with E-state index in [0.29, 0.717) is 49.0 Å². The third-order valence-electron chi connectivity index (χ3n) is 8.19. The zero-order valence-corrected chi connectivity index (χ0v) is 19.0. The van der Waals surface area contributed by atoms with Gasteiger partial charge in [0, 0.05) is 36.7 Å². The second-order valence-electron chi connectivity index (χ2n) is 9.68. The van der Waals surface area contributed by atoms with E-state index in [0.717, 1.165) is 23.6 Å². The third kappa shape index (κ3) is 3.35. The smallest absolute Gasteiger partial charge is 0.243 e. The van der Waals surface area contributed by atoms with Crippen molar-refractivity contribution in [1.29, 1.82) is 0 Å². The number of sulfonamides is 1. The van der Waals surface area contributed by atoms with Gasteiger partial charge in [-0.25, -0.2) is 18.4 Å². The molecule has 0 bridgehead atoms. The van der Waals surface area contributed by atoms with Gasteiger partial charge >= 0.3 is 0 Å². The molecule has 7 nitrogen and oxygen atoms in total. The molecule has 0 radical (unpaired) electrons. The summed E-state index contributed by atoms with van der Waals surface area (Å²) in [5.74, 6) is 2.25. The van der Waals surface area contributed by atoms with Gasteiger partial charge in [-0.1, -0.05) is 12.8 Å². The van der Waals surface area contributed by atoms with Crippen LogP contribution in [-0.4, -0.2) is 49.0 Å². The van der Waals surface area contributed by atoms with Crippen LogP contribution < -0.4 is 5.32 Å². The first-order valence-corrected chi connectivity index (χ1v) is 13.3. The highest BCUT2D eigenvalue weighted by molar-refractivity contribution is 7.89.